The van der Waals surface area contributed by atoms with E-state index in [1.165, 1.54) is 0 Å². The molecule has 4 aromatic carbocycles. The van der Waals surface area contributed by atoms with Gasteiger partial charge in [0.05, 0.1) is 37.6 Å². The van der Waals surface area contributed by atoms with Crippen molar-refractivity contribution >= 4 is 59.0 Å². The highest BCUT2D eigenvalue weighted by Gasteiger charge is 2.51. The molecule has 3 saturated heterocycles. The number of carbonyl (C=O) groups excluding carboxylic acids is 2. The Kier molecular flexibility index (Phi) is 13.7. The van der Waals surface area contributed by atoms with E-state index in [1.807, 2.05) is 68.7 Å². The van der Waals surface area contributed by atoms with Gasteiger partial charge in [-0.1, -0.05) is 54.1 Å². The van der Waals surface area contributed by atoms with E-state index in [4.69, 9.17) is 30.4 Å². The van der Waals surface area contributed by atoms with E-state index in [-0.39, 0.29) is 30.1 Å². The number of carbonyl (C=O) groups is 2. The quantitative estimate of drug-likeness (QED) is 0.165. The molecule has 11 rings (SSSR count). The third kappa shape index (κ3) is 10.5. The number of fused-ring (bicyclic) bond motifs is 4. The van der Waals surface area contributed by atoms with Crippen LogP contribution in [0.15, 0.2) is 109 Å². The topological polar surface area (TPSA) is 127 Å². The molecular weight excluding hydrogens is 875 g/mol. The predicted molar refractivity (Wildman–Crippen MR) is 271 cm³/mol. The van der Waals surface area contributed by atoms with E-state index >= 15 is 0 Å². The number of hydrogen-bond acceptors (Lipinski definition) is 10. The van der Waals surface area contributed by atoms with Gasteiger partial charge in [0.25, 0.3) is 11.8 Å². The molecule has 12 nitrogen and oxygen atoms in total. The van der Waals surface area contributed by atoms with Crippen molar-refractivity contribution in [3.8, 4) is 11.1 Å². The average molecular weight is 933 g/mol. The molecule has 5 aliphatic rings. The van der Waals surface area contributed by atoms with Crippen molar-refractivity contribution in [3.63, 3.8) is 0 Å². The first-order chi connectivity index (χ1) is 32.7. The number of nitrogens with zero attached hydrogens (tertiary/aromatic N) is 4. The van der Waals surface area contributed by atoms with Crippen molar-refractivity contribution in [1.82, 2.24) is 9.97 Å². The molecule has 14 heteroatoms. The lowest BCUT2D eigenvalue weighted by molar-refractivity contribution is 0.00578. The summed E-state index contributed by atoms with van der Waals surface area (Å²) >= 11 is 5.95. The van der Waals surface area contributed by atoms with Crippen molar-refractivity contribution in [1.29, 1.82) is 0 Å². The fourth-order valence-electron chi connectivity index (χ4n) is 8.84. The number of rotatable bonds is 4. The van der Waals surface area contributed by atoms with Crippen LogP contribution < -0.4 is 25.9 Å². The second-order valence-corrected chi connectivity index (χ2v) is 19.3. The number of pyridine rings is 2. The summed E-state index contributed by atoms with van der Waals surface area (Å²) in [6.07, 6.45) is 5.16. The Morgan fingerprint density at radius 2 is 1.03 bits per heavy atom. The molecule has 0 spiro atoms. The van der Waals surface area contributed by atoms with Gasteiger partial charge in [-0.05, 0) is 146 Å². The fourth-order valence-corrected chi connectivity index (χ4v) is 9.01. The average Bonchev–Trinajstić information content (AvgIpc) is 3.41. The number of benzene rings is 4. The lowest BCUT2D eigenvalue weighted by Gasteiger charge is -2.32. The van der Waals surface area contributed by atoms with Gasteiger partial charge < -0.3 is 39.2 Å². The Balaban J connectivity index is 0.000000132. The maximum Gasteiger partial charge on any atom is 0.495 e. The number of anilines is 4. The Morgan fingerprint density at radius 1 is 0.559 bits per heavy atom. The van der Waals surface area contributed by atoms with Gasteiger partial charge in [0.2, 0.25) is 0 Å². The molecule has 350 valence electrons. The molecule has 2 aromatic heterocycles. The van der Waals surface area contributed by atoms with Gasteiger partial charge in [0, 0.05) is 78.9 Å². The maximum atomic E-state index is 12.9. The van der Waals surface area contributed by atoms with Crippen LogP contribution in [0, 0.1) is 13.8 Å². The highest BCUT2D eigenvalue weighted by molar-refractivity contribution is 6.62. The van der Waals surface area contributed by atoms with E-state index in [2.05, 4.69) is 107 Å². The molecule has 6 aromatic rings. The standard InChI is InChI=1S/C24H23N3O2.C15H23BN2O3.C15H12ClNO/c1-16-2-3-20-13-19-5-4-17(14-21(19)24(28)26-22(20)12-16)18-6-7-25-23(15-18)27-8-10-29-11-9-27;1-14(2)15(3,4)21-16(20-14)12-5-6-17-13(11-12)18-7-9-19-10-8-18;1-9-2-3-11-7-10-4-5-12(16)8-13(10)15(18)17-14(11)6-9/h2-7,12,14-15H,8-11,13H2,1H3,(H,26,28);5-6,11H,7-10H2,1-4H3;2-6,8H,7H2,1H3,(H,17,18). The summed E-state index contributed by atoms with van der Waals surface area (Å²) in [6.45, 7) is 18.7. The lowest BCUT2D eigenvalue weighted by Crippen LogP contribution is -2.41. The number of morpholine rings is 2. The fraction of sp³-hybridized carbons (Fsp3) is 0.333. The second-order valence-electron chi connectivity index (χ2n) is 18.9. The van der Waals surface area contributed by atoms with Crippen LogP contribution in [-0.4, -0.2) is 92.7 Å². The molecule has 0 unspecified atom stereocenters. The van der Waals surface area contributed by atoms with Crippen molar-refractivity contribution in [2.75, 3.05) is 73.0 Å². The van der Waals surface area contributed by atoms with Crippen LogP contribution in [-0.2, 0) is 31.6 Å². The van der Waals surface area contributed by atoms with Crippen molar-refractivity contribution < 1.29 is 28.4 Å². The summed E-state index contributed by atoms with van der Waals surface area (Å²) in [4.78, 5) is 38.6. The normalized spacial score (nSPS) is 17.8. The van der Waals surface area contributed by atoms with E-state index in [0.29, 0.717) is 10.6 Å². The van der Waals surface area contributed by atoms with E-state index in [1.54, 1.807) is 6.07 Å². The Labute approximate surface area is 404 Å². The first-order valence-corrected chi connectivity index (χ1v) is 23.7. The van der Waals surface area contributed by atoms with Crippen molar-refractivity contribution in [3.05, 3.63) is 159 Å². The summed E-state index contributed by atoms with van der Waals surface area (Å²) < 4.78 is 23.0. The van der Waals surface area contributed by atoms with Crippen molar-refractivity contribution in [2.45, 2.75) is 65.6 Å². The van der Waals surface area contributed by atoms with E-state index in [9.17, 15) is 9.59 Å². The molecule has 7 heterocycles. The Morgan fingerprint density at radius 3 is 1.59 bits per heavy atom. The molecular formula is C54H58BClN6O6. The number of ether oxygens (including phenoxy) is 2. The van der Waals surface area contributed by atoms with E-state index < -0.39 is 0 Å². The van der Waals surface area contributed by atoms with Crippen LogP contribution in [0.2, 0.25) is 5.02 Å². The van der Waals surface area contributed by atoms with Gasteiger partial charge in [-0.15, -0.1) is 0 Å². The molecule has 0 aliphatic carbocycles. The molecule has 2 amide bonds. The number of aryl methyl sites for hydroxylation is 2. The van der Waals surface area contributed by atoms with Gasteiger partial charge in [-0.3, -0.25) is 9.59 Å². The minimum atomic E-state index is -0.335. The SMILES string of the molecule is CC1(C)OB(c2ccnc(N3CCOCC3)c2)OC1(C)C.Cc1ccc2c(c1)NC(=O)c1cc(-c3ccnc(N4CCOCC4)c3)ccc1C2.Cc1ccc2c(c1)NC(=O)c1cc(Cl)ccc1C2. The summed E-state index contributed by atoms with van der Waals surface area (Å²) in [6, 6.07) is 32.1. The molecule has 2 N–H and O–H groups in total. The second kappa shape index (κ2) is 19.9. The number of amides is 2. The van der Waals surface area contributed by atoms with Gasteiger partial charge in [0.1, 0.15) is 11.6 Å². The smallest absolute Gasteiger partial charge is 0.399 e. The minimum absolute atomic E-state index is 0.0475. The summed E-state index contributed by atoms with van der Waals surface area (Å²) in [5.41, 5.74) is 12.3. The molecule has 0 bridgehead atoms. The zero-order valence-electron chi connectivity index (χ0n) is 39.7. The number of nitrogens with one attached hydrogen (secondary N) is 2. The van der Waals surface area contributed by atoms with Crippen LogP contribution in [0.3, 0.4) is 0 Å². The summed E-state index contributed by atoms with van der Waals surface area (Å²) in [5.74, 6) is 1.78. The molecule has 3 fully saturated rings. The third-order valence-electron chi connectivity index (χ3n) is 13.5. The molecule has 0 radical (unpaired) electrons. The van der Waals surface area contributed by atoms with Crippen LogP contribution in [0.4, 0.5) is 23.0 Å². The zero-order valence-corrected chi connectivity index (χ0v) is 40.4. The number of hydrogen-bond donors (Lipinski definition) is 2. The van der Waals surface area contributed by atoms with E-state index in [0.717, 1.165) is 144 Å². The third-order valence-corrected chi connectivity index (χ3v) is 13.7. The highest BCUT2D eigenvalue weighted by Crippen LogP contribution is 2.37. The molecule has 0 saturated carbocycles. The van der Waals surface area contributed by atoms with Crippen LogP contribution in [0.5, 0.6) is 0 Å². The number of aromatic nitrogens is 2. The van der Waals surface area contributed by atoms with Gasteiger partial charge in [-0.25, -0.2) is 9.97 Å². The van der Waals surface area contributed by atoms with Crippen molar-refractivity contribution in [2.24, 2.45) is 0 Å². The maximum absolute atomic E-state index is 12.9. The lowest BCUT2D eigenvalue weighted by atomic mass is 9.79. The molecule has 0 atom stereocenters. The van der Waals surface area contributed by atoms with Crippen LogP contribution in [0.1, 0.15) is 81.8 Å². The predicted octanol–water partition coefficient (Wildman–Crippen LogP) is 9.07. The molecule has 68 heavy (non-hydrogen) atoms. The van der Waals surface area contributed by atoms with Crippen LogP contribution in [0.25, 0.3) is 11.1 Å². The van der Waals surface area contributed by atoms with Crippen LogP contribution >= 0.6 is 11.6 Å². The van der Waals surface area contributed by atoms with Gasteiger partial charge in [-0.2, -0.15) is 0 Å². The first kappa shape index (κ1) is 47.0. The Hall–Kier alpha value is -6.09. The Bertz CT molecular complexity index is 2830. The van der Waals surface area contributed by atoms with Gasteiger partial charge in [0.15, 0.2) is 0 Å². The largest absolute Gasteiger partial charge is 0.495 e. The zero-order chi connectivity index (χ0) is 47.6. The minimum Gasteiger partial charge on any atom is -0.399 e. The highest BCUT2D eigenvalue weighted by atomic mass is 35.5. The van der Waals surface area contributed by atoms with Gasteiger partial charge >= 0.3 is 7.12 Å². The monoisotopic (exact) mass is 932 g/mol. The summed E-state index contributed by atoms with van der Waals surface area (Å²) in [7, 11) is -0.335. The first-order valence-electron chi connectivity index (χ1n) is 23.4. The molecule has 5 aliphatic heterocycles. The summed E-state index contributed by atoms with van der Waals surface area (Å²) in [5, 5.41) is 6.63. The number of halogens is 1.